The molecule has 2 aromatic carbocycles. The zero-order valence-electron chi connectivity index (χ0n) is 14.9. The molecule has 0 atom stereocenters. The van der Waals surface area contributed by atoms with Gasteiger partial charge in [-0.2, -0.15) is 0 Å². The summed E-state index contributed by atoms with van der Waals surface area (Å²) in [4.78, 5) is 36.0. The third-order valence-electron chi connectivity index (χ3n) is 3.58. The van der Waals surface area contributed by atoms with Crippen molar-refractivity contribution in [2.45, 2.75) is 20.3 Å². The number of benzene rings is 2. The molecule has 6 nitrogen and oxygen atoms in total. The molecule has 136 valence electrons. The van der Waals surface area contributed by atoms with E-state index in [2.05, 4.69) is 10.6 Å². The minimum absolute atomic E-state index is 0.208. The van der Waals surface area contributed by atoms with Crippen molar-refractivity contribution < 1.29 is 19.1 Å². The van der Waals surface area contributed by atoms with Crippen molar-refractivity contribution in [3.05, 3.63) is 65.2 Å². The quantitative estimate of drug-likeness (QED) is 0.748. The standard InChI is InChI=1S/C20H22N2O4/c1-3-12-21-18(23)15-6-5-7-16(13-15)19(24)22-17-10-8-14(9-11-17)20(25)26-4-2/h5-11,13H,3-4,12H2,1-2H3,(H,21,23)(H,22,24). The molecule has 2 amide bonds. The van der Waals surface area contributed by atoms with E-state index in [1.807, 2.05) is 6.92 Å². The van der Waals surface area contributed by atoms with E-state index in [4.69, 9.17) is 4.74 Å². The van der Waals surface area contributed by atoms with E-state index >= 15 is 0 Å². The number of anilines is 1. The van der Waals surface area contributed by atoms with Crippen LogP contribution in [0.2, 0.25) is 0 Å². The van der Waals surface area contributed by atoms with Gasteiger partial charge in [-0.05, 0) is 55.8 Å². The Morgan fingerprint density at radius 1 is 0.885 bits per heavy atom. The Bertz CT molecular complexity index is 785. The summed E-state index contributed by atoms with van der Waals surface area (Å²) in [7, 11) is 0. The SMILES string of the molecule is CCCNC(=O)c1cccc(C(=O)Nc2ccc(C(=O)OCC)cc2)c1. The molecule has 0 aliphatic rings. The van der Waals surface area contributed by atoms with Gasteiger partial charge in [0.2, 0.25) is 0 Å². The van der Waals surface area contributed by atoms with Crippen molar-refractivity contribution in [1.82, 2.24) is 5.32 Å². The molecule has 0 aliphatic heterocycles. The zero-order valence-corrected chi connectivity index (χ0v) is 14.9. The summed E-state index contributed by atoms with van der Waals surface area (Å²) in [6.07, 6.45) is 0.841. The van der Waals surface area contributed by atoms with E-state index in [1.54, 1.807) is 55.5 Å². The first kappa shape index (κ1) is 19.2. The molecule has 2 aromatic rings. The highest BCUT2D eigenvalue weighted by Crippen LogP contribution is 2.13. The van der Waals surface area contributed by atoms with Crippen molar-refractivity contribution in [2.24, 2.45) is 0 Å². The largest absolute Gasteiger partial charge is 0.462 e. The number of amides is 2. The molecule has 0 spiro atoms. The Hall–Kier alpha value is -3.15. The van der Waals surface area contributed by atoms with Gasteiger partial charge >= 0.3 is 5.97 Å². The summed E-state index contributed by atoms with van der Waals surface area (Å²) in [5.41, 5.74) is 1.77. The highest BCUT2D eigenvalue weighted by molar-refractivity contribution is 6.06. The second-order valence-electron chi connectivity index (χ2n) is 5.59. The van der Waals surface area contributed by atoms with Crippen LogP contribution in [-0.2, 0) is 4.74 Å². The van der Waals surface area contributed by atoms with Gasteiger partial charge in [0.25, 0.3) is 11.8 Å². The van der Waals surface area contributed by atoms with Crippen LogP contribution in [0, 0.1) is 0 Å². The molecule has 6 heteroatoms. The maximum absolute atomic E-state index is 12.4. The van der Waals surface area contributed by atoms with E-state index in [-0.39, 0.29) is 11.8 Å². The predicted octanol–water partition coefficient (Wildman–Crippen LogP) is 3.26. The first-order valence-corrected chi connectivity index (χ1v) is 8.52. The fourth-order valence-corrected chi connectivity index (χ4v) is 2.25. The van der Waals surface area contributed by atoms with Gasteiger partial charge in [-0.25, -0.2) is 4.79 Å². The Balaban J connectivity index is 2.05. The average Bonchev–Trinajstić information content (AvgIpc) is 2.67. The van der Waals surface area contributed by atoms with Crippen LogP contribution in [0.5, 0.6) is 0 Å². The summed E-state index contributed by atoms with van der Waals surface area (Å²) in [6, 6.07) is 12.9. The lowest BCUT2D eigenvalue weighted by atomic mass is 10.1. The van der Waals surface area contributed by atoms with Crippen molar-refractivity contribution in [1.29, 1.82) is 0 Å². The van der Waals surface area contributed by atoms with Gasteiger partial charge < -0.3 is 15.4 Å². The molecule has 2 rings (SSSR count). The fraction of sp³-hybridized carbons (Fsp3) is 0.250. The van der Waals surface area contributed by atoms with Crippen LogP contribution in [0.25, 0.3) is 0 Å². The number of ether oxygens (including phenoxy) is 1. The lowest BCUT2D eigenvalue weighted by Crippen LogP contribution is -2.24. The maximum Gasteiger partial charge on any atom is 0.338 e. The monoisotopic (exact) mass is 354 g/mol. The second kappa shape index (κ2) is 9.36. The Morgan fingerprint density at radius 2 is 1.54 bits per heavy atom. The maximum atomic E-state index is 12.4. The molecule has 0 aliphatic carbocycles. The van der Waals surface area contributed by atoms with Crippen molar-refractivity contribution >= 4 is 23.5 Å². The summed E-state index contributed by atoms with van der Waals surface area (Å²) in [5.74, 6) is -0.949. The van der Waals surface area contributed by atoms with E-state index in [0.717, 1.165) is 6.42 Å². The first-order valence-electron chi connectivity index (χ1n) is 8.52. The van der Waals surface area contributed by atoms with E-state index < -0.39 is 5.97 Å². The van der Waals surface area contributed by atoms with Crippen molar-refractivity contribution in [3.63, 3.8) is 0 Å². The van der Waals surface area contributed by atoms with Gasteiger partial charge in [0.1, 0.15) is 0 Å². The van der Waals surface area contributed by atoms with Crippen LogP contribution in [0.15, 0.2) is 48.5 Å². The molecule has 0 fully saturated rings. The number of carbonyl (C=O) groups is 3. The fourth-order valence-electron chi connectivity index (χ4n) is 2.25. The smallest absolute Gasteiger partial charge is 0.338 e. The van der Waals surface area contributed by atoms with Gasteiger partial charge in [-0.3, -0.25) is 9.59 Å². The zero-order chi connectivity index (χ0) is 18.9. The third-order valence-corrected chi connectivity index (χ3v) is 3.58. The van der Waals surface area contributed by atoms with Crippen molar-refractivity contribution in [2.75, 3.05) is 18.5 Å². The number of hydrogen-bond acceptors (Lipinski definition) is 4. The molecule has 26 heavy (non-hydrogen) atoms. The van der Waals surface area contributed by atoms with Gasteiger partial charge in [0.15, 0.2) is 0 Å². The summed E-state index contributed by atoms with van der Waals surface area (Å²) in [6.45, 7) is 4.60. The van der Waals surface area contributed by atoms with Crippen molar-refractivity contribution in [3.8, 4) is 0 Å². The van der Waals surface area contributed by atoms with E-state index in [9.17, 15) is 14.4 Å². The van der Waals surface area contributed by atoms with E-state index in [0.29, 0.717) is 35.5 Å². The second-order valence-corrected chi connectivity index (χ2v) is 5.59. The minimum atomic E-state index is -0.406. The summed E-state index contributed by atoms with van der Waals surface area (Å²) >= 11 is 0. The van der Waals surface area contributed by atoms with Gasteiger partial charge in [-0.15, -0.1) is 0 Å². The number of carbonyl (C=O) groups excluding carboxylic acids is 3. The highest BCUT2D eigenvalue weighted by Gasteiger charge is 2.11. The number of nitrogens with one attached hydrogen (secondary N) is 2. The van der Waals surface area contributed by atoms with Gasteiger partial charge in [0.05, 0.1) is 12.2 Å². The molecule has 0 unspecified atom stereocenters. The Kier molecular flexibility index (Phi) is 6.91. The summed E-state index contributed by atoms with van der Waals surface area (Å²) < 4.78 is 4.92. The predicted molar refractivity (Wildman–Crippen MR) is 99.4 cm³/mol. The molecule has 0 aromatic heterocycles. The lowest BCUT2D eigenvalue weighted by molar-refractivity contribution is 0.0526. The summed E-state index contributed by atoms with van der Waals surface area (Å²) in [5, 5.41) is 5.52. The van der Waals surface area contributed by atoms with Crippen LogP contribution in [0.4, 0.5) is 5.69 Å². The Labute approximate surface area is 152 Å². The number of rotatable bonds is 7. The highest BCUT2D eigenvalue weighted by atomic mass is 16.5. The molecule has 0 saturated heterocycles. The molecule has 0 saturated carbocycles. The number of esters is 1. The van der Waals surface area contributed by atoms with Gasteiger partial charge in [0, 0.05) is 23.4 Å². The van der Waals surface area contributed by atoms with E-state index in [1.165, 1.54) is 0 Å². The Morgan fingerprint density at radius 3 is 2.15 bits per heavy atom. The third kappa shape index (κ3) is 5.17. The molecule has 0 heterocycles. The number of hydrogen-bond donors (Lipinski definition) is 2. The first-order chi connectivity index (χ1) is 12.5. The van der Waals surface area contributed by atoms with Crippen LogP contribution >= 0.6 is 0 Å². The lowest BCUT2D eigenvalue weighted by Gasteiger charge is -2.08. The normalized spacial score (nSPS) is 10.1. The molecule has 0 bridgehead atoms. The van der Waals surface area contributed by atoms with Crippen LogP contribution < -0.4 is 10.6 Å². The topological polar surface area (TPSA) is 84.5 Å². The molecule has 2 N–H and O–H groups in total. The average molecular weight is 354 g/mol. The van der Waals surface area contributed by atoms with Crippen LogP contribution in [0.3, 0.4) is 0 Å². The minimum Gasteiger partial charge on any atom is -0.462 e. The van der Waals surface area contributed by atoms with Crippen LogP contribution in [-0.4, -0.2) is 30.9 Å². The molecular formula is C20H22N2O4. The molecule has 0 radical (unpaired) electrons. The van der Waals surface area contributed by atoms with Crippen LogP contribution in [0.1, 0.15) is 51.3 Å². The molecular weight excluding hydrogens is 332 g/mol. The van der Waals surface area contributed by atoms with Gasteiger partial charge in [-0.1, -0.05) is 13.0 Å².